The van der Waals surface area contributed by atoms with E-state index in [2.05, 4.69) is 15.4 Å². The van der Waals surface area contributed by atoms with Crippen LogP contribution in [0.25, 0.3) is 0 Å². The molecule has 0 radical (unpaired) electrons. The predicted octanol–water partition coefficient (Wildman–Crippen LogP) is 3.90. The van der Waals surface area contributed by atoms with Gasteiger partial charge in [0.05, 0.1) is 0 Å². The van der Waals surface area contributed by atoms with Crippen LogP contribution in [0.15, 0.2) is 11.6 Å². The lowest BCUT2D eigenvalue weighted by molar-refractivity contribution is -0.142. The molecule has 0 aromatic carbocycles. The number of halogens is 3. The minimum atomic E-state index is -4.43. The summed E-state index contributed by atoms with van der Waals surface area (Å²) in [6.07, 6.45) is 0.246. The number of alkyl halides is 3. The third kappa shape index (κ3) is 4.02. The van der Waals surface area contributed by atoms with Crippen LogP contribution in [0.5, 0.6) is 0 Å². The van der Waals surface area contributed by atoms with Crippen molar-refractivity contribution in [3.8, 4) is 0 Å². The maximum atomic E-state index is 13.2. The fourth-order valence-electron chi connectivity index (χ4n) is 3.04. The van der Waals surface area contributed by atoms with Gasteiger partial charge in [0.15, 0.2) is 10.8 Å². The molecule has 136 valence electrons. The smallest absolute Gasteiger partial charge is 0.302 e. The van der Waals surface area contributed by atoms with E-state index in [4.69, 9.17) is 0 Å². The number of hydrogen-bond acceptors (Lipinski definition) is 4. The first-order chi connectivity index (χ1) is 11.9. The Morgan fingerprint density at radius 2 is 2.16 bits per heavy atom. The molecule has 1 atom stereocenters. The number of hydrogen-bond donors (Lipinski definition) is 1. The van der Waals surface area contributed by atoms with Crippen molar-refractivity contribution >= 4 is 22.4 Å². The van der Waals surface area contributed by atoms with Crippen LogP contribution < -0.4 is 5.32 Å². The van der Waals surface area contributed by atoms with E-state index < -0.39 is 11.9 Å². The van der Waals surface area contributed by atoms with Crippen molar-refractivity contribution in [1.82, 2.24) is 14.8 Å². The number of anilines is 1. The number of carbonyl (C=O) groups excluding carboxylic acids is 1. The van der Waals surface area contributed by atoms with E-state index in [1.54, 1.807) is 18.5 Å². The first-order valence-electron chi connectivity index (χ1n) is 8.22. The lowest BCUT2D eigenvalue weighted by Crippen LogP contribution is -2.22. The van der Waals surface area contributed by atoms with Crippen LogP contribution in [0.1, 0.15) is 43.1 Å². The van der Waals surface area contributed by atoms with Crippen molar-refractivity contribution in [1.29, 1.82) is 0 Å². The molecule has 0 saturated heterocycles. The fourth-order valence-corrected chi connectivity index (χ4v) is 3.58. The van der Waals surface area contributed by atoms with Gasteiger partial charge < -0.3 is 5.32 Å². The average Bonchev–Trinajstić information content (AvgIpc) is 3.19. The second kappa shape index (κ2) is 7.15. The number of nitrogens with zero attached hydrogens (tertiary/aromatic N) is 3. The van der Waals surface area contributed by atoms with Crippen LogP contribution in [0, 0.1) is 5.92 Å². The Hall–Kier alpha value is -1.90. The molecule has 0 spiro atoms. The number of thiazole rings is 1. The van der Waals surface area contributed by atoms with E-state index in [1.807, 2.05) is 0 Å². The fraction of sp³-hybridized carbons (Fsp3) is 0.562. The molecule has 2 aromatic heterocycles. The molecule has 1 aliphatic carbocycles. The molecule has 1 amide bonds. The van der Waals surface area contributed by atoms with Crippen molar-refractivity contribution in [3.63, 3.8) is 0 Å². The van der Waals surface area contributed by atoms with Crippen LogP contribution >= 0.6 is 11.3 Å². The normalized spacial score (nSPS) is 15.7. The van der Waals surface area contributed by atoms with Gasteiger partial charge in [-0.25, -0.2) is 4.98 Å². The van der Waals surface area contributed by atoms with Gasteiger partial charge >= 0.3 is 6.18 Å². The number of fused-ring (bicyclic) bond motifs is 1. The number of aryl methyl sites for hydroxylation is 1. The van der Waals surface area contributed by atoms with Crippen molar-refractivity contribution < 1.29 is 18.0 Å². The average molecular weight is 372 g/mol. The topological polar surface area (TPSA) is 59.8 Å². The molecule has 1 aliphatic rings. The molecule has 0 fully saturated rings. The number of rotatable bonds is 5. The van der Waals surface area contributed by atoms with E-state index in [0.717, 1.165) is 12.8 Å². The van der Waals surface area contributed by atoms with E-state index >= 15 is 0 Å². The van der Waals surface area contributed by atoms with Gasteiger partial charge in [0.1, 0.15) is 0 Å². The maximum absolute atomic E-state index is 13.2. The highest BCUT2D eigenvalue weighted by Crippen LogP contribution is 2.36. The van der Waals surface area contributed by atoms with Crippen LogP contribution in [0.3, 0.4) is 0 Å². The standard InChI is InChI=1S/C16H19F3N4OS/c1-10(14(24)21-15-20-7-9-25-15)6-8-23-12-5-3-2-4-11(12)13(22-23)16(17,18)19/h7,9-10H,2-6,8H2,1H3,(H,20,21,24). The highest BCUT2D eigenvalue weighted by Gasteiger charge is 2.39. The Balaban J connectivity index is 1.68. The van der Waals surface area contributed by atoms with Gasteiger partial charge in [-0.3, -0.25) is 9.48 Å². The molecule has 25 heavy (non-hydrogen) atoms. The summed E-state index contributed by atoms with van der Waals surface area (Å²) in [4.78, 5) is 16.1. The molecule has 2 heterocycles. The number of amides is 1. The molecule has 3 rings (SSSR count). The molecule has 9 heteroatoms. The predicted molar refractivity (Wildman–Crippen MR) is 88.4 cm³/mol. The molecule has 1 unspecified atom stereocenters. The summed E-state index contributed by atoms with van der Waals surface area (Å²) in [5.74, 6) is -0.534. The molecular formula is C16H19F3N4OS. The Bertz CT molecular complexity index is 739. The second-order valence-electron chi connectivity index (χ2n) is 6.22. The summed E-state index contributed by atoms with van der Waals surface area (Å²) in [5.41, 5.74) is 0.242. The quantitative estimate of drug-likeness (QED) is 0.866. The Morgan fingerprint density at radius 3 is 2.84 bits per heavy atom. The number of carbonyl (C=O) groups is 1. The molecule has 0 aliphatic heterocycles. The zero-order valence-corrected chi connectivity index (χ0v) is 14.6. The minimum absolute atomic E-state index is 0.188. The van der Waals surface area contributed by atoms with Crippen molar-refractivity contribution in [2.24, 2.45) is 5.92 Å². The summed E-state index contributed by atoms with van der Waals surface area (Å²) in [6, 6.07) is 0. The largest absolute Gasteiger partial charge is 0.435 e. The van der Waals surface area contributed by atoms with Gasteiger partial charge in [0.2, 0.25) is 5.91 Å². The minimum Gasteiger partial charge on any atom is -0.302 e. The van der Waals surface area contributed by atoms with E-state index in [0.29, 0.717) is 42.2 Å². The van der Waals surface area contributed by atoms with Crippen LogP contribution in [-0.2, 0) is 30.4 Å². The first-order valence-corrected chi connectivity index (χ1v) is 9.10. The summed E-state index contributed by atoms with van der Waals surface area (Å²) in [7, 11) is 0. The van der Waals surface area contributed by atoms with Gasteiger partial charge in [-0.05, 0) is 32.1 Å². The first kappa shape index (κ1) is 17.9. The summed E-state index contributed by atoms with van der Waals surface area (Å²) < 4.78 is 41.0. The van der Waals surface area contributed by atoms with Crippen LogP contribution in [-0.4, -0.2) is 20.7 Å². The van der Waals surface area contributed by atoms with Crippen LogP contribution in [0.2, 0.25) is 0 Å². The lowest BCUT2D eigenvalue weighted by Gasteiger charge is -2.16. The van der Waals surface area contributed by atoms with Crippen LogP contribution in [0.4, 0.5) is 18.3 Å². The van der Waals surface area contributed by atoms with E-state index in [-0.39, 0.29) is 11.8 Å². The zero-order chi connectivity index (χ0) is 18.0. The second-order valence-corrected chi connectivity index (χ2v) is 7.11. The van der Waals surface area contributed by atoms with Gasteiger partial charge in [0.25, 0.3) is 0 Å². The molecular weight excluding hydrogens is 353 g/mol. The molecule has 2 aromatic rings. The van der Waals surface area contributed by atoms with Gasteiger partial charge in [0, 0.05) is 35.3 Å². The highest BCUT2D eigenvalue weighted by molar-refractivity contribution is 7.13. The van der Waals surface area contributed by atoms with Gasteiger partial charge in [-0.15, -0.1) is 11.3 Å². The van der Waals surface area contributed by atoms with E-state index in [9.17, 15) is 18.0 Å². The van der Waals surface area contributed by atoms with Gasteiger partial charge in [-0.2, -0.15) is 18.3 Å². The lowest BCUT2D eigenvalue weighted by atomic mass is 9.95. The third-order valence-electron chi connectivity index (χ3n) is 4.41. The highest BCUT2D eigenvalue weighted by atomic mass is 32.1. The molecule has 5 nitrogen and oxygen atoms in total. The molecule has 1 N–H and O–H groups in total. The number of aromatic nitrogens is 3. The van der Waals surface area contributed by atoms with Crippen molar-refractivity contribution in [3.05, 3.63) is 28.5 Å². The monoisotopic (exact) mass is 372 g/mol. The van der Waals surface area contributed by atoms with Crippen molar-refractivity contribution in [2.75, 3.05) is 5.32 Å². The Kier molecular flexibility index (Phi) is 5.12. The maximum Gasteiger partial charge on any atom is 0.435 e. The summed E-state index contributed by atoms with van der Waals surface area (Å²) in [5, 5.41) is 8.81. The Morgan fingerprint density at radius 1 is 1.40 bits per heavy atom. The molecule has 0 saturated carbocycles. The Labute approximate surface area is 147 Å². The van der Waals surface area contributed by atoms with Gasteiger partial charge in [-0.1, -0.05) is 6.92 Å². The summed E-state index contributed by atoms with van der Waals surface area (Å²) >= 11 is 1.32. The van der Waals surface area contributed by atoms with Crippen molar-refractivity contribution in [2.45, 2.75) is 51.7 Å². The molecule has 0 bridgehead atoms. The summed E-state index contributed by atoms with van der Waals surface area (Å²) in [6.45, 7) is 2.05. The number of nitrogens with one attached hydrogen (secondary N) is 1. The van der Waals surface area contributed by atoms with E-state index in [1.165, 1.54) is 16.0 Å². The third-order valence-corrected chi connectivity index (χ3v) is 5.10. The zero-order valence-electron chi connectivity index (χ0n) is 13.8. The SMILES string of the molecule is CC(CCn1nc(C(F)(F)F)c2c1CCCC2)C(=O)Nc1nccs1.